The smallest absolute Gasteiger partial charge is 0.241 e. The molecule has 0 bridgehead atoms. The van der Waals surface area contributed by atoms with Crippen LogP contribution in [0.1, 0.15) is 39.3 Å². The van der Waals surface area contributed by atoms with Crippen molar-refractivity contribution in [2.75, 3.05) is 23.7 Å². The van der Waals surface area contributed by atoms with E-state index in [1.807, 2.05) is 52.0 Å². The number of sulfonamides is 1. The van der Waals surface area contributed by atoms with E-state index < -0.39 is 15.9 Å². The standard InChI is InChI=1S/C22H30N2O5S/c1-6-28-20-11-7-18(8-12-20)17(4)23-22(25)15-24(30(5,26)27)19-9-13-21(14-10-19)29-16(2)3/h7-14,16-17H,6,15H2,1-5H3,(H,23,25). The molecule has 0 heterocycles. The Balaban J connectivity index is 2.08. The fourth-order valence-corrected chi connectivity index (χ4v) is 3.74. The average molecular weight is 435 g/mol. The predicted molar refractivity (Wildman–Crippen MR) is 119 cm³/mol. The van der Waals surface area contributed by atoms with Crippen LogP contribution in [0.2, 0.25) is 0 Å². The molecule has 1 amide bonds. The molecule has 7 nitrogen and oxygen atoms in total. The molecule has 1 unspecified atom stereocenters. The number of amides is 1. The van der Waals surface area contributed by atoms with E-state index in [9.17, 15) is 13.2 Å². The zero-order valence-corrected chi connectivity index (χ0v) is 18.9. The molecule has 164 valence electrons. The highest BCUT2D eigenvalue weighted by molar-refractivity contribution is 7.92. The number of carbonyl (C=O) groups is 1. The number of carbonyl (C=O) groups excluding carboxylic acids is 1. The summed E-state index contributed by atoms with van der Waals surface area (Å²) in [5.41, 5.74) is 1.30. The molecule has 0 aliphatic heterocycles. The molecule has 1 atom stereocenters. The largest absolute Gasteiger partial charge is 0.494 e. The van der Waals surface area contributed by atoms with Crippen LogP contribution in [-0.4, -0.2) is 39.8 Å². The van der Waals surface area contributed by atoms with Crippen LogP contribution >= 0.6 is 0 Å². The van der Waals surface area contributed by atoms with Gasteiger partial charge in [-0.3, -0.25) is 9.10 Å². The number of benzene rings is 2. The van der Waals surface area contributed by atoms with E-state index in [2.05, 4.69) is 5.32 Å². The van der Waals surface area contributed by atoms with Crippen molar-refractivity contribution in [3.63, 3.8) is 0 Å². The molecule has 2 rings (SSSR count). The SMILES string of the molecule is CCOc1ccc(C(C)NC(=O)CN(c2ccc(OC(C)C)cc2)S(C)(=O)=O)cc1. The number of hydrogen-bond donors (Lipinski definition) is 1. The maximum absolute atomic E-state index is 12.6. The van der Waals surface area contributed by atoms with Crippen LogP contribution in [0.25, 0.3) is 0 Å². The van der Waals surface area contributed by atoms with Crippen LogP contribution in [0.3, 0.4) is 0 Å². The first-order valence-electron chi connectivity index (χ1n) is 9.86. The normalized spacial score (nSPS) is 12.3. The third-order valence-electron chi connectivity index (χ3n) is 4.25. The van der Waals surface area contributed by atoms with E-state index >= 15 is 0 Å². The third-order valence-corrected chi connectivity index (χ3v) is 5.39. The molecular weight excluding hydrogens is 404 g/mol. The highest BCUT2D eigenvalue weighted by Gasteiger charge is 2.22. The summed E-state index contributed by atoms with van der Waals surface area (Å²) in [7, 11) is -3.65. The molecule has 0 aliphatic rings. The van der Waals surface area contributed by atoms with Crippen molar-refractivity contribution in [2.45, 2.75) is 39.8 Å². The fraction of sp³-hybridized carbons (Fsp3) is 0.409. The molecule has 8 heteroatoms. The number of anilines is 1. The van der Waals surface area contributed by atoms with Crippen molar-refractivity contribution in [3.8, 4) is 11.5 Å². The Hall–Kier alpha value is -2.74. The first-order chi connectivity index (χ1) is 14.1. The minimum Gasteiger partial charge on any atom is -0.494 e. The van der Waals surface area contributed by atoms with Gasteiger partial charge in [0.05, 0.1) is 30.7 Å². The van der Waals surface area contributed by atoms with E-state index in [4.69, 9.17) is 9.47 Å². The molecule has 1 N–H and O–H groups in total. The summed E-state index contributed by atoms with van der Waals surface area (Å²) in [6, 6.07) is 13.8. The summed E-state index contributed by atoms with van der Waals surface area (Å²) in [4.78, 5) is 12.6. The lowest BCUT2D eigenvalue weighted by Crippen LogP contribution is -2.41. The fourth-order valence-electron chi connectivity index (χ4n) is 2.88. The van der Waals surface area contributed by atoms with Gasteiger partial charge in [-0.2, -0.15) is 0 Å². The second kappa shape index (κ2) is 10.3. The molecule has 0 fully saturated rings. The van der Waals surface area contributed by atoms with Gasteiger partial charge >= 0.3 is 0 Å². The summed E-state index contributed by atoms with van der Waals surface area (Å²) in [6.45, 7) is 7.84. The lowest BCUT2D eigenvalue weighted by molar-refractivity contribution is -0.120. The van der Waals surface area contributed by atoms with E-state index in [0.717, 1.165) is 21.9 Å². The minimum atomic E-state index is -3.65. The third kappa shape index (κ3) is 6.95. The van der Waals surface area contributed by atoms with Gasteiger partial charge in [0.15, 0.2) is 0 Å². The van der Waals surface area contributed by atoms with Gasteiger partial charge in [0, 0.05) is 0 Å². The summed E-state index contributed by atoms with van der Waals surface area (Å²) >= 11 is 0. The van der Waals surface area contributed by atoms with Gasteiger partial charge in [-0.25, -0.2) is 8.42 Å². The van der Waals surface area contributed by atoms with Crippen LogP contribution in [-0.2, 0) is 14.8 Å². The van der Waals surface area contributed by atoms with Crippen LogP contribution in [0.5, 0.6) is 11.5 Å². The van der Waals surface area contributed by atoms with Gasteiger partial charge in [0.1, 0.15) is 18.0 Å². The first kappa shape index (κ1) is 23.5. The first-order valence-corrected chi connectivity index (χ1v) is 11.7. The number of rotatable bonds is 10. The molecule has 2 aromatic rings. The lowest BCUT2D eigenvalue weighted by atomic mass is 10.1. The van der Waals surface area contributed by atoms with Crippen molar-refractivity contribution >= 4 is 21.6 Å². The molecule has 30 heavy (non-hydrogen) atoms. The molecule has 0 aromatic heterocycles. The second-order valence-corrected chi connectivity index (χ2v) is 9.13. The Kier molecular flexibility index (Phi) is 8.11. The van der Waals surface area contributed by atoms with Gasteiger partial charge in [-0.15, -0.1) is 0 Å². The predicted octanol–water partition coefficient (Wildman–Crippen LogP) is 3.52. The van der Waals surface area contributed by atoms with E-state index in [0.29, 0.717) is 18.0 Å². The van der Waals surface area contributed by atoms with E-state index in [1.54, 1.807) is 24.3 Å². The molecule has 0 aliphatic carbocycles. The van der Waals surface area contributed by atoms with Gasteiger partial charge in [0.2, 0.25) is 15.9 Å². The Morgan fingerprint density at radius 1 is 1.00 bits per heavy atom. The highest BCUT2D eigenvalue weighted by Crippen LogP contribution is 2.23. The number of hydrogen-bond acceptors (Lipinski definition) is 5. The second-order valence-electron chi connectivity index (χ2n) is 7.22. The Morgan fingerprint density at radius 2 is 1.57 bits per heavy atom. The zero-order valence-electron chi connectivity index (χ0n) is 18.1. The van der Waals surface area contributed by atoms with Crippen LogP contribution in [0, 0.1) is 0 Å². The molecule has 0 saturated heterocycles. The van der Waals surface area contributed by atoms with Crippen molar-refractivity contribution in [2.24, 2.45) is 0 Å². The van der Waals surface area contributed by atoms with E-state index in [-0.39, 0.29) is 18.7 Å². The monoisotopic (exact) mass is 434 g/mol. The number of ether oxygens (including phenoxy) is 2. The minimum absolute atomic E-state index is 0.0109. The van der Waals surface area contributed by atoms with Gasteiger partial charge in [-0.1, -0.05) is 12.1 Å². The van der Waals surface area contributed by atoms with Crippen molar-refractivity contribution in [1.29, 1.82) is 0 Å². The van der Waals surface area contributed by atoms with Crippen molar-refractivity contribution in [3.05, 3.63) is 54.1 Å². The van der Waals surface area contributed by atoms with Crippen molar-refractivity contribution in [1.82, 2.24) is 5.32 Å². The van der Waals surface area contributed by atoms with Gasteiger partial charge in [0.25, 0.3) is 0 Å². The number of nitrogens with one attached hydrogen (secondary N) is 1. The quantitative estimate of drug-likeness (QED) is 0.618. The van der Waals surface area contributed by atoms with Gasteiger partial charge < -0.3 is 14.8 Å². The number of nitrogens with zero attached hydrogens (tertiary/aromatic N) is 1. The molecule has 2 aromatic carbocycles. The van der Waals surface area contributed by atoms with Crippen LogP contribution in [0.4, 0.5) is 5.69 Å². The van der Waals surface area contributed by atoms with E-state index in [1.165, 1.54) is 0 Å². The molecule has 0 spiro atoms. The summed E-state index contributed by atoms with van der Waals surface area (Å²) in [5.74, 6) is 0.994. The summed E-state index contributed by atoms with van der Waals surface area (Å²) < 4.78 is 36.7. The Bertz CT molecular complexity index is 925. The zero-order chi connectivity index (χ0) is 22.3. The van der Waals surface area contributed by atoms with Gasteiger partial charge in [-0.05, 0) is 69.7 Å². The average Bonchev–Trinajstić information content (AvgIpc) is 2.66. The maximum atomic E-state index is 12.6. The molecule has 0 saturated carbocycles. The van der Waals surface area contributed by atoms with Crippen molar-refractivity contribution < 1.29 is 22.7 Å². The topological polar surface area (TPSA) is 84.9 Å². The van der Waals surface area contributed by atoms with Crippen LogP contribution < -0.4 is 19.1 Å². The maximum Gasteiger partial charge on any atom is 0.241 e. The Morgan fingerprint density at radius 3 is 2.07 bits per heavy atom. The van der Waals surface area contributed by atoms with Crippen LogP contribution in [0.15, 0.2) is 48.5 Å². The summed E-state index contributed by atoms with van der Waals surface area (Å²) in [5, 5.41) is 2.85. The molecule has 0 radical (unpaired) electrons. The lowest BCUT2D eigenvalue weighted by Gasteiger charge is -2.23. The highest BCUT2D eigenvalue weighted by atomic mass is 32.2. The Labute approximate surface area is 179 Å². The molecular formula is C22H30N2O5S. The summed E-state index contributed by atoms with van der Waals surface area (Å²) in [6.07, 6.45) is 1.09.